The predicted octanol–water partition coefficient (Wildman–Crippen LogP) is 2.11. The molecule has 4 aromatic heterocycles. The lowest BCUT2D eigenvalue weighted by Gasteiger charge is -2.47. The Bertz CT molecular complexity index is 1570. The number of aliphatic hydroxyl groups excluding tert-OH is 1. The summed E-state index contributed by atoms with van der Waals surface area (Å²) in [4.78, 5) is 9.36. The van der Waals surface area contributed by atoms with Crippen LogP contribution >= 0.6 is 11.3 Å². The zero-order valence-corrected chi connectivity index (χ0v) is 21.6. The SMILES string of the molecule is CC(C)(CO)n1cc(Nc2nc(-c3cnn(C4(CC#N)CN(S(C)(=O)=O)C4)c3)c3sccc3n2)cn1. The van der Waals surface area contributed by atoms with Crippen LogP contribution in [0.25, 0.3) is 21.5 Å². The molecule has 14 heteroatoms. The number of rotatable bonds is 8. The number of aliphatic hydroxyl groups is 1. The summed E-state index contributed by atoms with van der Waals surface area (Å²) in [5.41, 5.74) is 1.59. The van der Waals surface area contributed by atoms with Crippen molar-refractivity contribution in [3.8, 4) is 17.3 Å². The first-order chi connectivity index (χ1) is 17.0. The van der Waals surface area contributed by atoms with E-state index >= 15 is 0 Å². The minimum Gasteiger partial charge on any atom is -0.394 e. The zero-order valence-electron chi connectivity index (χ0n) is 20.0. The summed E-state index contributed by atoms with van der Waals surface area (Å²) < 4.78 is 29.4. The van der Waals surface area contributed by atoms with E-state index in [0.29, 0.717) is 17.3 Å². The van der Waals surface area contributed by atoms with Crippen molar-refractivity contribution < 1.29 is 13.5 Å². The van der Waals surface area contributed by atoms with Gasteiger partial charge in [-0.2, -0.15) is 19.8 Å². The Morgan fingerprint density at radius 1 is 1.25 bits per heavy atom. The minimum absolute atomic E-state index is 0.0607. The Morgan fingerprint density at radius 2 is 2.03 bits per heavy atom. The molecule has 0 bridgehead atoms. The standard InChI is InChI=1S/C22H25N9O3S2/c1-21(2,14-32)30-11-16(9-25-30)26-20-27-17-4-7-35-19(17)18(28-20)15-8-24-31(10-15)22(5-6-23)12-29(13-22)36(3,33)34/h4,7-11,32H,5,12-14H2,1-3H3,(H,26,27,28). The van der Waals surface area contributed by atoms with Gasteiger partial charge >= 0.3 is 0 Å². The molecule has 12 nitrogen and oxygen atoms in total. The lowest BCUT2D eigenvalue weighted by Crippen LogP contribution is -2.63. The van der Waals surface area contributed by atoms with Gasteiger partial charge in [0.15, 0.2) is 0 Å². The van der Waals surface area contributed by atoms with E-state index in [-0.39, 0.29) is 26.1 Å². The van der Waals surface area contributed by atoms with Crippen LogP contribution in [0.1, 0.15) is 20.3 Å². The van der Waals surface area contributed by atoms with Crippen LogP contribution in [0.5, 0.6) is 0 Å². The minimum atomic E-state index is -3.34. The first-order valence-electron chi connectivity index (χ1n) is 11.1. The van der Waals surface area contributed by atoms with Crippen LogP contribution in [0, 0.1) is 11.3 Å². The Morgan fingerprint density at radius 3 is 2.72 bits per heavy atom. The first kappa shape index (κ1) is 24.3. The average Bonchev–Trinajstić information content (AvgIpc) is 3.55. The highest BCUT2D eigenvalue weighted by Crippen LogP contribution is 2.37. The molecule has 0 saturated carbocycles. The number of anilines is 2. The summed E-state index contributed by atoms with van der Waals surface area (Å²) in [7, 11) is -3.34. The van der Waals surface area contributed by atoms with E-state index in [4.69, 9.17) is 4.98 Å². The maximum atomic E-state index is 11.9. The summed E-state index contributed by atoms with van der Waals surface area (Å²) in [6, 6.07) is 4.08. The molecule has 0 spiro atoms. The highest BCUT2D eigenvalue weighted by molar-refractivity contribution is 7.88. The number of fused-ring (bicyclic) bond motifs is 1. The van der Waals surface area contributed by atoms with Crippen LogP contribution in [0.15, 0.2) is 36.2 Å². The van der Waals surface area contributed by atoms with E-state index in [1.807, 2.05) is 31.5 Å². The quantitative estimate of drug-likeness (QED) is 0.350. The monoisotopic (exact) mass is 527 g/mol. The maximum Gasteiger partial charge on any atom is 0.228 e. The van der Waals surface area contributed by atoms with Crippen molar-refractivity contribution in [1.29, 1.82) is 5.26 Å². The molecule has 5 rings (SSSR count). The second-order valence-electron chi connectivity index (χ2n) is 9.56. The summed E-state index contributed by atoms with van der Waals surface area (Å²) >= 11 is 1.51. The van der Waals surface area contributed by atoms with E-state index < -0.39 is 21.1 Å². The molecule has 0 unspecified atom stereocenters. The van der Waals surface area contributed by atoms with Crippen molar-refractivity contribution >= 4 is 43.2 Å². The molecular formula is C22H25N9O3S2. The Kier molecular flexibility index (Phi) is 5.83. The molecule has 1 fully saturated rings. The molecule has 1 saturated heterocycles. The van der Waals surface area contributed by atoms with E-state index in [9.17, 15) is 18.8 Å². The fraction of sp³-hybridized carbons (Fsp3) is 0.409. The number of nitriles is 1. The predicted molar refractivity (Wildman–Crippen MR) is 135 cm³/mol. The van der Waals surface area contributed by atoms with Gasteiger partial charge in [0.05, 0.1) is 64.9 Å². The average molecular weight is 528 g/mol. The number of sulfonamides is 1. The van der Waals surface area contributed by atoms with Crippen LogP contribution in [-0.2, 0) is 21.1 Å². The smallest absolute Gasteiger partial charge is 0.228 e. The summed E-state index contributed by atoms with van der Waals surface area (Å²) in [6.07, 6.45) is 8.21. The molecule has 4 aromatic rings. The first-order valence-corrected chi connectivity index (χ1v) is 13.8. The Balaban J connectivity index is 1.47. The van der Waals surface area contributed by atoms with Crippen LogP contribution in [-0.4, -0.2) is 73.3 Å². The Hall–Kier alpha value is -3.38. The van der Waals surface area contributed by atoms with Gasteiger partial charge in [-0.1, -0.05) is 0 Å². The number of hydrogen-bond donors (Lipinski definition) is 2. The highest BCUT2D eigenvalue weighted by atomic mass is 32.2. The van der Waals surface area contributed by atoms with Crippen molar-refractivity contribution in [3.05, 3.63) is 36.2 Å². The van der Waals surface area contributed by atoms with Gasteiger partial charge in [0.2, 0.25) is 16.0 Å². The van der Waals surface area contributed by atoms with Crippen LogP contribution in [0.4, 0.5) is 11.6 Å². The van der Waals surface area contributed by atoms with Crippen molar-refractivity contribution in [2.24, 2.45) is 0 Å². The molecule has 36 heavy (non-hydrogen) atoms. The molecule has 0 atom stereocenters. The van der Waals surface area contributed by atoms with E-state index in [1.165, 1.54) is 15.6 Å². The fourth-order valence-corrected chi connectivity index (χ4v) is 5.86. The van der Waals surface area contributed by atoms with Gasteiger partial charge < -0.3 is 10.4 Å². The van der Waals surface area contributed by atoms with Gasteiger partial charge in [-0.15, -0.1) is 11.3 Å². The van der Waals surface area contributed by atoms with E-state index in [1.54, 1.807) is 28.0 Å². The molecule has 1 aliphatic heterocycles. The third kappa shape index (κ3) is 4.24. The van der Waals surface area contributed by atoms with Crippen molar-refractivity contribution in [3.63, 3.8) is 0 Å². The second-order valence-corrected chi connectivity index (χ2v) is 12.5. The number of aromatic nitrogens is 6. The van der Waals surface area contributed by atoms with Crippen molar-refractivity contribution in [2.75, 3.05) is 31.3 Å². The summed E-state index contributed by atoms with van der Waals surface area (Å²) in [6.45, 7) is 4.09. The normalized spacial score (nSPS) is 16.1. The molecule has 1 aliphatic rings. The van der Waals surface area contributed by atoms with Gasteiger partial charge in [0, 0.05) is 31.0 Å². The summed E-state index contributed by atoms with van der Waals surface area (Å²) in [5, 5.41) is 33.0. The summed E-state index contributed by atoms with van der Waals surface area (Å²) in [5.74, 6) is 0.378. The lowest BCUT2D eigenvalue weighted by molar-refractivity contribution is 0.0724. The van der Waals surface area contributed by atoms with Crippen LogP contribution in [0.3, 0.4) is 0 Å². The van der Waals surface area contributed by atoms with Crippen LogP contribution < -0.4 is 5.32 Å². The van der Waals surface area contributed by atoms with Crippen molar-refractivity contribution in [1.82, 2.24) is 33.8 Å². The Labute approximate surface area is 211 Å². The largest absolute Gasteiger partial charge is 0.394 e. The van der Waals surface area contributed by atoms with E-state index in [2.05, 4.69) is 26.6 Å². The molecule has 0 aliphatic carbocycles. The van der Waals surface area contributed by atoms with Gasteiger partial charge in [0.25, 0.3) is 0 Å². The van der Waals surface area contributed by atoms with Gasteiger partial charge in [-0.3, -0.25) is 9.36 Å². The topological polar surface area (TPSA) is 155 Å². The molecule has 5 heterocycles. The van der Waals surface area contributed by atoms with Crippen molar-refractivity contribution in [2.45, 2.75) is 31.3 Å². The molecular weight excluding hydrogens is 502 g/mol. The number of thiophene rings is 1. The third-order valence-corrected chi connectivity index (χ3v) is 8.42. The second kappa shape index (κ2) is 8.63. The maximum absolute atomic E-state index is 11.9. The number of nitrogens with zero attached hydrogens (tertiary/aromatic N) is 8. The molecule has 0 radical (unpaired) electrons. The van der Waals surface area contributed by atoms with E-state index in [0.717, 1.165) is 22.0 Å². The number of hydrogen-bond acceptors (Lipinski definition) is 10. The highest BCUT2D eigenvalue weighted by Gasteiger charge is 2.49. The molecule has 0 amide bonds. The molecule has 188 valence electrons. The van der Waals surface area contributed by atoms with Crippen LogP contribution in [0.2, 0.25) is 0 Å². The molecule has 0 aromatic carbocycles. The zero-order chi connectivity index (χ0) is 25.7. The van der Waals surface area contributed by atoms with Gasteiger partial charge in [0.1, 0.15) is 5.54 Å². The number of nitrogens with one attached hydrogen (secondary N) is 1. The molecule has 2 N–H and O–H groups in total. The lowest BCUT2D eigenvalue weighted by atomic mass is 9.89. The van der Waals surface area contributed by atoms with Gasteiger partial charge in [-0.25, -0.2) is 18.4 Å². The third-order valence-electron chi connectivity index (χ3n) is 6.31. The van der Waals surface area contributed by atoms with Gasteiger partial charge in [-0.05, 0) is 25.3 Å². The fourth-order valence-electron chi connectivity index (χ4n) is 4.07.